The molecule has 5 heteroatoms. The van der Waals surface area contributed by atoms with E-state index in [2.05, 4.69) is 16.7 Å². The van der Waals surface area contributed by atoms with Gasteiger partial charge in [0, 0.05) is 19.5 Å². The second kappa shape index (κ2) is 6.86. The van der Waals surface area contributed by atoms with Crippen molar-refractivity contribution in [2.75, 3.05) is 6.54 Å². The molecule has 102 valence electrons. The molecule has 0 spiro atoms. The van der Waals surface area contributed by atoms with E-state index in [1.807, 2.05) is 6.92 Å². The lowest BCUT2D eigenvalue weighted by atomic mass is 10.0. The van der Waals surface area contributed by atoms with Crippen molar-refractivity contribution in [3.8, 4) is 6.07 Å². The third kappa shape index (κ3) is 4.68. The smallest absolute Gasteiger partial charge is 0.217 e. The van der Waals surface area contributed by atoms with E-state index in [0.29, 0.717) is 12.1 Å². The third-order valence-corrected chi connectivity index (χ3v) is 2.72. The lowest BCUT2D eigenvalue weighted by Crippen LogP contribution is -2.39. The van der Waals surface area contributed by atoms with Crippen molar-refractivity contribution in [2.24, 2.45) is 0 Å². The number of nitrogens with zero attached hydrogens (tertiary/aromatic N) is 1. The Balaban J connectivity index is 2.66. The van der Waals surface area contributed by atoms with Crippen LogP contribution < -0.4 is 10.6 Å². The zero-order valence-electron chi connectivity index (χ0n) is 11.3. The molecule has 0 radical (unpaired) electrons. The SMILES string of the molecule is CC(=O)NC(C)CNC(C#N)c1ccc(F)c(C)c1. The van der Waals surface area contributed by atoms with E-state index in [9.17, 15) is 9.18 Å². The average Bonchev–Trinajstić information content (AvgIpc) is 2.33. The zero-order chi connectivity index (χ0) is 14.4. The monoisotopic (exact) mass is 263 g/mol. The lowest BCUT2D eigenvalue weighted by molar-refractivity contribution is -0.119. The highest BCUT2D eigenvalue weighted by Gasteiger charge is 2.13. The van der Waals surface area contributed by atoms with Gasteiger partial charge in [0.1, 0.15) is 11.9 Å². The van der Waals surface area contributed by atoms with Crippen LogP contribution in [0.3, 0.4) is 0 Å². The van der Waals surface area contributed by atoms with Gasteiger partial charge in [-0.3, -0.25) is 10.1 Å². The Morgan fingerprint density at radius 3 is 2.74 bits per heavy atom. The van der Waals surface area contributed by atoms with Crippen molar-refractivity contribution in [3.05, 3.63) is 35.1 Å². The maximum Gasteiger partial charge on any atom is 0.217 e. The summed E-state index contributed by atoms with van der Waals surface area (Å²) in [6.45, 7) is 5.42. The van der Waals surface area contributed by atoms with Crippen LogP contribution >= 0.6 is 0 Å². The Bertz CT molecular complexity index is 496. The number of amides is 1. The van der Waals surface area contributed by atoms with Gasteiger partial charge in [-0.25, -0.2) is 4.39 Å². The molecule has 0 saturated heterocycles. The van der Waals surface area contributed by atoms with E-state index in [1.54, 1.807) is 19.1 Å². The molecule has 2 atom stereocenters. The quantitative estimate of drug-likeness (QED) is 0.851. The van der Waals surface area contributed by atoms with E-state index < -0.39 is 6.04 Å². The molecule has 0 fully saturated rings. The van der Waals surface area contributed by atoms with Gasteiger partial charge >= 0.3 is 0 Å². The van der Waals surface area contributed by atoms with E-state index >= 15 is 0 Å². The van der Waals surface area contributed by atoms with E-state index in [1.165, 1.54) is 13.0 Å². The summed E-state index contributed by atoms with van der Waals surface area (Å²) in [6, 6.07) is 6.13. The Labute approximate surface area is 112 Å². The molecule has 0 heterocycles. The van der Waals surface area contributed by atoms with Gasteiger partial charge in [0.25, 0.3) is 0 Å². The number of nitriles is 1. The average molecular weight is 263 g/mol. The topological polar surface area (TPSA) is 64.9 Å². The van der Waals surface area contributed by atoms with Crippen molar-refractivity contribution in [2.45, 2.75) is 32.9 Å². The number of carbonyl (C=O) groups is 1. The summed E-state index contributed by atoms with van der Waals surface area (Å²) >= 11 is 0. The van der Waals surface area contributed by atoms with Crippen molar-refractivity contribution < 1.29 is 9.18 Å². The van der Waals surface area contributed by atoms with Crippen LogP contribution in [0.2, 0.25) is 0 Å². The first kappa shape index (κ1) is 15.1. The molecule has 4 nitrogen and oxygen atoms in total. The van der Waals surface area contributed by atoms with Crippen LogP contribution in [0.1, 0.15) is 31.0 Å². The lowest BCUT2D eigenvalue weighted by Gasteiger charge is -2.17. The highest BCUT2D eigenvalue weighted by molar-refractivity contribution is 5.73. The number of aryl methyl sites for hydroxylation is 1. The molecule has 0 aromatic heterocycles. The molecule has 1 rings (SSSR count). The third-order valence-electron chi connectivity index (χ3n) is 2.72. The van der Waals surface area contributed by atoms with E-state index in [4.69, 9.17) is 5.26 Å². The van der Waals surface area contributed by atoms with Crippen LogP contribution in [0, 0.1) is 24.1 Å². The van der Waals surface area contributed by atoms with E-state index in [-0.39, 0.29) is 17.8 Å². The van der Waals surface area contributed by atoms with Gasteiger partial charge in [0.15, 0.2) is 0 Å². The predicted molar refractivity (Wildman–Crippen MR) is 70.8 cm³/mol. The minimum absolute atomic E-state index is 0.0742. The van der Waals surface area contributed by atoms with Crippen molar-refractivity contribution in [1.82, 2.24) is 10.6 Å². The molecule has 0 saturated carbocycles. The number of benzene rings is 1. The van der Waals surface area contributed by atoms with Crippen LogP contribution in [0.4, 0.5) is 4.39 Å². The number of nitrogens with one attached hydrogen (secondary N) is 2. The fraction of sp³-hybridized carbons (Fsp3) is 0.429. The van der Waals surface area contributed by atoms with Gasteiger partial charge in [-0.1, -0.05) is 12.1 Å². The molecule has 0 aliphatic rings. The van der Waals surface area contributed by atoms with Gasteiger partial charge < -0.3 is 5.32 Å². The van der Waals surface area contributed by atoms with Crippen LogP contribution in [0.25, 0.3) is 0 Å². The molecule has 1 amide bonds. The van der Waals surface area contributed by atoms with Crippen LogP contribution in [-0.2, 0) is 4.79 Å². The zero-order valence-corrected chi connectivity index (χ0v) is 11.3. The maximum absolute atomic E-state index is 13.2. The minimum Gasteiger partial charge on any atom is -0.353 e. The summed E-state index contributed by atoms with van der Waals surface area (Å²) in [5.74, 6) is -0.396. The van der Waals surface area contributed by atoms with Crippen molar-refractivity contribution in [1.29, 1.82) is 5.26 Å². The maximum atomic E-state index is 13.2. The fourth-order valence-corrected chi connectivity index (χ4v) is 1.78. The molecular formula is C14H18FN3O. The molecule has 1 aromatic carbocycles. The van der Waals surface area contributed by atoms with Gasteiger partial charge in [-0.2, -0.15) is 5.26 Å². The molecule has 1 aromatic rings. The summed E-state index contributed by atoms with van der Waals surface area (Å²) in [6.07, 6.45) is 0. The Morgan fingerprint density at radius 2 is 2.21 bits per heavy atom. The van der Waals surface area contributed by atoms with Gasteiger partial charge in [0.05, 0.1) is 6.07 Å². The second-order valence-electron chi connectivity index (χ2n) is 4.58. The van der Waals surface area contributed by atoms with Crippen LogP contribution in [0.15, 0.2) is 18.2 Å². The highest BCUT2D eigenvalue weighted by Crippen LogP contribution is 2.16. The summed E-state index contributed by atoms with van der Waals surface area (Å²) in [4.78, 5) is 10.9. The standard InChI is InChI=1S/C14H18FN3O/c1-9-6-12(4-5-13(9)15)14(7-16)17-8-10(2)18-11(3)19/h4-6,10,14,17H,8H2,1-3H3,(H,18,19). The molecule has 2 N–H and O–H groups in total. The van der Waals surface area contributed by atoms with Crippen molar-refractivity contribution >= 4 is 5.91 Å². The Hall–Kier alpha value is -1.93. The normalized spacial score (nSPS) is 13.4. The second-order valence-corrected chi connectivity index (χ2v) is 4.58. The minimum atomic E-state index is -0.518. The van der Waals surface area contributed by atoms with Gasteiger partial charge in [0.2, 0.25) is 5.91 Å². The Kier molecular flexibility index (Phi) is 5.46. The summed E-state index contributed by atoms with van der Waals surface area (Å²) < 4.78 is 13.2. The number of rotatable bonds is 5. The number of hydrogen-bond donors (Lipinski definition) is 2. The first-order valence-corrected chi connectivity index (χ1v) is 6.10. The largest absolute Gasteiger partial charge is 0.353 e. The fourth-order valence-electron chi connectivity index (χ4n) is 1.78. The molecule has 0 aliphatic carbocycles. The number of halogens is 1. The molecule has 0 aliphatic heterocycles. The summed E-state index contributed by atoms with van der Waals surface area (Å²) in [5, 5.41) is 14.9. The summed E-state index contributed by atoms with van der Waals surface area (Å²) in [5.41, 5.74) is 1.23. The first-order valence-electron chi connectivity index (χ1n) is 6.10. The molecule has 2 unspecified atom stereocenters. The predicted octanol–water partition coefficient (Wildman–Crippen LogP) is 1.81. The number of carbonyl (C=O) groups excluding carboxylic acids is 1. The molecular weight excluding hydrogens is 245 g/mol. The molecule has 19 heavy (non-hydrogen) atoms. The van der Waals surface area contributed by atoms with Crippen LogP contribution in [0.5, 0.6) is 0 Å². The van der Waals surface area contributed by atoms with Crippen molar-refractivity contribution in [3.63, 3.8) is 0 Å². The van der Waals surface area contributed by atoms with Gasteiger partial charge in [-0.15, -0.1) is 0 Å². The van der Waals surface area contributed by atoms with E-state index in [0.717, 1.165) is 5.56 Å². The summed E-state index contributed by atoms with van der Waals surface area (Å²) in [7, 11) is 0. The highest BCUT2D eigenvalue weighted by atomic mass is 19.1. The van der Waals surface area contributed by atoms with Gasteiger partial charge in [-0.05, 0) is 31.0 Å². The number of hydrogen-bond acceptors (Lipinski definition) is 3. The molecule has 0 bridgehead atoms. The Morgan fingerprint density at radius 1 is 1.53 bits per heavy atom. The van der Waals surface area contributed by atoms with Crippen LogP contribution in [-0.4, -0.2) is 18.5 Å². The first-order chi connectivity index (χ1) is 8.93.